The van der Waals surface area contributed by atoms with Crippen molar-refractivity contribution in [1.82, 2.24) is 15.5 Å². The van der Waals surface area contributed by atoms with Gasteiger partial charge in [0, 0.05) is 17.7 Å². The smallest absolute Gasteiger partial charge is 0.249 e. The molecule has 0 bridgehead atoms. The van der Waals surface area contributed by atoms with Gasteiger partial charge in [0.05, 0.1) is 0 Å². The van der Waals surface area contributed by atoms with Crippen LogP contribution >= 0.6 is 11.8 Å². The summed E-state index contributed by atoms with van der Waals surface area (Å²) in [5.74, 6) is 2.12. The first-order valence-electron chi connectivity index (χ1n) is 7.06. The van der Waals surface area contributed by atoms with Crippen LogP contribution in [0.1, 0.15) is 32.2 Å². The third-order valence-corrected chi connectivity index (χ3v) is 3.87. The molecule has 0 aliphatic carbocycles. The third kappa shape index (κ3) is 4.56. The van der Waals surface area contributed by atoms with Crippen LogP contribution in [0.4, 0.5) is 4.39 Å². The molecule has 0 radical (unpaired) electrons. The Morgan fingerprint density at radius 2 is 2.14 bits per heavy atom. The molecule has 1 aromatic carbocycles. The Hall–Kier alpha value is -1.89. The summed E-state index contributed by atoms with van der Waals surface area (Å²) in [6.07, 6.45) is 0.460. The fraction of sp³-hybridized carbons (Fsp3) is 0.400. The highest BCUT2D eigenvalue weighted by Crippen LogP contribution is 2.19. The van der Waals surface area contributed by atoms with E-state index in [2.05, 4.69) is 22.4 Å². The van der Waals surface area contributed by atoms with Gasteiger partial charge in [-0.05, 0) is 36.9 Å². The number of rotatable bonds is 7. The van der Waals surface area contributed by atoms with E-state index in [1.54, 1.807) is 30.8 Å². The molecule has 0 saturated carbocycles. The Labute approximate surface area is 132 Å². The molecule has 1 amide bonds. The largest absolute Gasteiger partial charge is 0.345 e. The molecule has 0 saturated heterocycles. The first kappa shape index (κ1) is 16.5. The fourth-order valence-corrected chi connectivity index (χ4v) is 2.43. The van der Waals surface area contributed by atoms with Gasteiger partial charge in [-0.3, -0.25) is 4.79 Å². The van der Waals surface area contributed by atoms with E-state index in [0.717, 1.165) is 11.5 Å². The molecule has 0 fully saturated rings. The van der Waals surface area contributed by atoms with Crippen LogP contribution in [0.5, 0.6) is 0 Å². The number of hydrogen-bond acceptors (Lipinski definition) is 5. The van der Waals surface area contributed by atoms with Gasteiger partial charge < -0.3 is 9.84 Å². The van der Waals surface area contributed by atoms with Gasteiger partial charge in [-0.15, -0.1) is 0 Å². The highest BCUT2D eigenvalue weighted by atomic mass is 32.2. The fourth-order valence-electron chi connectivity index (χ4n) is 1.81. The van der Waals surface area contributed by atoms with Crippen LogP contribution < -0.4 is 5.32 Å². The average Bonchev–Trinajstić information content (AvgIpc) is 2.98. The van der Waals surface area contributed by atoms with Crippen LogP contribution in [0.3, 0.4) is 0 Å². The number of thioether (sulfide) groups is 1. The van der Waals surface area contributed by atoms with Crippen LogP contribution in [0.25, 0.3) is 11.4 Å². The summed E-state index contributed by atoms with van der Waals surface area (Å²) in [7, 11) is 0. The van der Waals surface area contributed by atoms with E-state index < -0.39 is 0 Å². The van der Waals surface area contributed by atoms with Gasteiger partial charge in [-0.25, -0.2) is 4.39 Å². The van der Waals surface area contributed by atoms with Gasteiger partial charge >= 0.3 is 0 Å². The molecule has 7 heteroatoms. The first-order chi connectivity index (χ1) is 10.6. The van der Waals surface area contributed by atoms with E-state index in [1.165, 1.54) is 12.1 Å². The van der Waals surface area contributed by atoms with Crippen molar-refractivity contribution in [2.75, 3.05) is 11.5 Å². The Kier molecular flexibility index (Phi) is 5.94. The summed E-state index contributed by atoms with van der Waals surface area (Å²) in [4.78, 5) is 16.0. The Morgan fingerprint density at radius 3 is 2.82 bits per heavy atom. The van der Waals surface area contributed by atoms with E-state index >= 15 is 0 Å². The minimum atomic E-state index is -0.360. The normalized spacial score (nSPS) is 12.1. The zero-order valence-electron chi connectivity index (χ0n) is 12.5. The molecule has 1 aromatic heterocycles. The van der Waals surface area contributed by atoms with Gasteiger partial charge in [0.15, 0.2) is 0 Å². The molecule has 1 atom stereocenters. The summed E-state index contributed by atoms with van der Waals surface area (Å²) < 4.78 is 18.1. The number of nitrogens with zero attached hydrogens (tertiary/aromatic N) is 2. The first-order valence-corrected chi connectivity index (χ1v) is 8.22. The summed E-state index contributed by atoms with van der Waals surface area (Å²) in [5.41, 5.74) is 0.661. The minimum absolute atomic E-state index is 0.0463. The predicted molar refractivity (Wildman–Crippen MR) is 83.9 cm³/mol. The summed E-state index contributed by atoms with van der Waals surface area (Å²) in [6.45, 7) is 3.84. The third-order valence-electron chi connectivity index (χ3n) is 2.97. The van der Waals surface area contributed by atoms with E-state index in [0.29, 0.717) is 23.7 Å². The van der Waals surface area contributed by atoms with E-state index in [4.69, 9.17) is 4.52 Å². The van der Waals surface area contributed by atoms with Crippen LogP contribution in [0, 0.1) is 5.82 Å². The highest BCUT2D eigenvalue weighted by molar-refractivity contribution is 7.99. The lowest BCUT2D eigenvalue weighted by Crippen LogP contribution is -2.27. The number of carbonyl (C=O) groups excluding carboxylic acids is 1. The number of benzene rings is 1. The monoisotopic (exact) mass is 323 g/mol. The number of nitrogens with one attached hydrogen (secondary N) is 1. The Balaban J connectivity index is 1.95. The van der Waals surface area contributed by atoms with E-state index in [-0.39, 0.29) is 17.8 Å². The lowest BCUT2D eigenvalue weighted by molar-refractivity contribution is -0.121. The zero-order valence-corrected chi connectivity index (χ0v) is 13.3. The van der Waals surface area contributed by atoms with Crippen LogP contribution in [0.2, 0.25) is 0 Å². The van der Waals surface area contributed by atoms with Crippen molar-refractivity contribution in [3.8, 4) is 11.4 Å². The van der Waals surface area contributed by atoms with Gasteiger partial charge in [-0.1, -0.05) is 12.1 Å². The zero-order chi connectivity index (χ0) is 15.9. The van der Waals surface area contributed by atoms with Crippen molar-refractivity contribution >= 4 is 17.7 Å². The molecule has 0 spiro atoms. The van der Waals surface area contributed by atoms with Crippen molar-refractivity contribution < 1.29 is 13.7 Å². The molecule has 1 N–H and O–H groups in total. The molecule has 22 heavy (non-hydrogen) atoms. The van der Waals surface area contributed by atoms with Crippen molar-refractivity contribution in [2.45, 2.75) is 26.3 Å². The summed E-state index contributed by atoms with van der Waals surface area (Å²) in [5, 5.41) is 6.68. The van der Waals surface area contributed by atoms with Crippen molar-refractivity contribution in [2.24, 2.45) is 0 Å². The Bertz CT molecular complexity index is 616. The van der Waals surface area contributed by atoms with Crippen LogP contribution in [-0.2, 0) is 4.79 Å². The molecule has 0 aliphatic heterocycles. The topological polar surface area (TPSA) is 68.0 Å². The maximum Gasteiger partial charge on any atom is 0.249 e. The minimum Gasteiger partial charge on any atom is -0.345 e. The molecule has 1 heterocycles. The van der Waals surface area contributed by atoms with Gasteiger partial charge in [-0.2, -0.15) is 16.7 Å². The van der Waals surface area contributed by atoms with Crippen molar-refractivity contribution in [3.05, 3.63) is 36.0 Å². The maximum absolute atomic E-state index is 12.9. The van der Waals surface area contributed by atoms with Gasteiger partial charge in [0.1, 0.15) is 11.9 Å². The Morgan fingerprint density at radius 1 is 1.41 bits per heavy atom. The SMILES string of the molecule is CCSCCC(=O)N[C@@H](C)c1nc(-c2ccc(F)cc2)no1. The highest BCUT2D eigenvalue weighted by Gasteiger charge is 2.17. The molecular formula is C15H18FN3O2S. The number of hydrogen-bond donors (Lipinski definition) is 1. The molecule has 2 rings (SSSR count). The quantitative estimate of drug-likeness (QED) is 0.793. The standard InChI is InChI=1S/C15H18FN3O2S/c1-3-22-9-8-13(20)17-10(2)15-18-14(19-21-15)11-4-6-12(16)7-5-11/h4-7,10H,3,8-9H2,1-2H3,(H,17,20)/t10-/m0/s1. The van der Waals surface area contributed by atoms with Gasteiger partial charge in [0.2, 0.25) is 17.6 Å². The second kappa shape index (κ2) is 7.93. The lowest BCUT2D eigenvalue weighted by atomic mass is 10.2. The molecular weight excluding hydrogens is 305 g/mol. The van der Waals surface area contributed by atoms with Gasteiger partial charge in [0.25, 0.3) is 0 Å². The second-order valence-corrected chi connectivity index (χ2v) is 6.09. The van der Waals surface area contributed by atoms with E-state index in [9.17, 15) is 9.18 Å². The number of aromatic nitrogens is 2. The molecule has 0 aliphatic rings. The molecule has 5 nitrogen and oxygen atoms in total. The molecule has 0 unspecified atom stereocenters. The van der Waals surface area contributed by atoms with Crippen molar-refractivity contribution in [3.63, 3.8) is 0 Å². The number of carbonyl (C=O) groups is 1. The maximum atomic E-state index is 12.9. The summed E-state index contributed by atoms with van der Waals surface area (Å²) >= 11 is 1.72. The van der Waals surface area contributed by atoms with Crippen LogP contribution in [-0.4, -0.2) is 27.6 Å². The second-order valence-electron chi connectivity index (χ2n) is 4.70. The van der Waals surface area contributed by atoms with Crippen molar-refractivity contribution in [1.29, 1.82) is 0 Å². The van der Waals surface area contributed by atoms with E-state index in [1.807, 2.05) is 0 Å². The van der Waals surface area contributed by atoms with Crippen LogP contribution in [0.15, 0.2) is 28.8 Å². The number of halogens is 1. The number of amides is 1. The lowest BCUT2D eigenvalue weighted by Gasteiger charge is -2.09. The summed E-state index contributed by atoms with van der Waals surface area (Å²) in [6, 6.07) is 5.47. The average molecular weight is 323 g/mol. The molecule has 118 valence electrons. The predicted octanol–water partition coefficient (Wildman–Crippen LogP) is 3.20. The molecule has 2 aromatic rings.